The number of benzene rings is 1. The number of anilines is 1. The van der Waals surface area contributed by atoms with E-state index in [1.807, 2.05) is 13.8 Å². The van der Waals surface area contributed by atoms with Crippen molar-refractivity contribution in [3.8, 4) is 0 Å². The smallest absolute Gasteiger partial charge is 0.242 e. The molecular weight excluding hydrogens is 314 g/mol. The van der Waals surface area contributed by atoms with Gasteiger partial charge in [-0.25, -0.2) is 21.6 Å². The van der Waals surface area contributed by atoms with Gasteiger partial charge in [0.25, 0.3) is 0 Å². The van der Waals surface area contributed by atoms with Gasteiger partial charge in [-0.1, -0.05) is 13.8 Å². The molecule has 0 heterocycles. The van der Waals surface area contributed by atoms with Crippen LogP contribution in [0.4, 0.5) is 5.69 Å². The number of rotatable bonds is 5. The number of hydrogen-bond acceptors (Lipinski definition) is 6. The van der Waals surface area contributed by atoms with E-state index < -0.39 is 19.9 Å². The van der Waals surface area contributed by atoms with Crippen molar-refractivity contribution in [3.05, 3.63) is 18.2 Å². The number of sulfone groups is 1. The van der Waals surface area contributed by atoms with E-state index in [4.69, 9.17) is 5.84 Å². The quantitative estimate of drug-likeness (QED) is 0.532. The zero-order valence-electron chi connectivity index (χ0n) is 12.0. The summed E-state index contributed by atoms with van der Waals surface area (Å²) >= 11 is 0. The summed E-state index contributed by atoms with van der Waals surface area (Å²) in [5.41, 5.74) is 2.34. The number of hydrazine groups is 1. The summed E-state index contributed by atoms with van der Waals surface area (Å²) in [5, 5.41) is 0. The monoisotopic (exact) mass is 333 g/mol. The highest BCUT2D eigenvalue weighted by atomic mass is 32.2. The van der Waals surface area contributed by atoms with Crippen molar-refractivity contribution >= 4 is 25.5 Å². The minimum absolute atomic E-state index is 0.0723. The molecule has 4 N–H and O–H groups in total. The van der Waals surface area contributed by atoms with Crippen LogP contribution in [0, 0.1) is 5.41 Å². The van der Waals surface area contributed by atoms with E-state index in [0.29, 0.717) is 0 Å². The summed E-state index contributed by atoms with van der Waals surface area (Å²) in [6.07, 6.45) is 1.76. The first-order chi connectivity index (χ1) is 9.47. The third-order valence-electron chi connectivity index (χ3n) is 3.64. The molecule has 21 heavy (non-hydrogen) atoms. The topological polar surface area (TPSA) is 118 Å². The van der Waals surface area contributed by atoms with Crippen molar-refractivity contribution in [3.63, 3.8) is 0 Å². The van der Waals surface area contributed by atoms with Gasteiger partial charge in [0.1, 0.15) is 4.90 Å². The molecule has 1 aromatic carbocycles. The molecule has 9 heteroatoms. The number of nitrogens with two attached hydrogens (primary N) is 1. The van der Waals surface area contributed by atoms with Crippen LogP contribution in [0.25, 0.3) is 0 Å². The molecule has 1 unspecified atom stereocenters. The van der Waals surface area contributed by atoms with E-state index in [1.165, 1.54) is 12.1 Å². The van der Waals surface area contributed by atoms with Crippen LogP contribution in [0.3, 0.4) is 0 Å². The van der Waals surface area contributed by atoms with E-state index in [9.17, 15) is 16.8 Å². The Bertz CT molecular complexity index is 770. The van der Waals surface area contributed by atoms with Gasteiger partial charge in [0.15, 0.2) is 9.84 Å². The van der Waals surface area contributed by atoms with Gasteiger partial charge in [0.2, 0.25) is 10.0 Å². The fourth-order valence-electron chi connectivity index (χ4n) is 1.99. The summed E-state index contributed by atoms with van der Waals surface area (Å²) in [5.74, 6) is 5.31. The molecule has 0 amide bonds. The highest BCUT2D eigenvalue weighted by molar-refractivity contribution is 7.91. The summed E-state index contributed by atoms with van der Waals surface area (Å²) in [4.78, 5) is -0.243. The molecular formula is C12H19N3O4S2. The second kappa shape index (κ2) is 4.94. The average Bonchev–Trinajstić information content (AvgIpc) is 2.93. The van der Waals surface area contributed by atoms with E-state index in [2.05, 4.69) is 10.1 Å². The van der Waals surface area contributed by atoms with Gasteiger partial charge in [-0.3, -0.25) is 5.84 Å². The SMILES string of the molecule is CC1(C)CC1NS(=O)(=O)c1cc(S(C)(=O)=O)ccc1NN. The molecule has 1 saturated carbocycles. The van der Waals surface area contributed by atoms with Gasteiger partial charge in [-0.15, -0.1) is 0 Å². The Labute approximate surface area is 124 Å². The van der Waals surface area contributed by atoms with Crippen LogP contribution in [-0.4, -0.2) is 29.1 Å². The van der Waals surface area contributed by atoms with Crippen LogP contribution < -0.4 is 16.0 Å². The van der Waals surface area contributed by atoms with Crippen molar-refractivity contribution < 1.29 is 16.8 Å². The van der Waals surface area contributed by atoms with E-state index in [1.54, 1.807) is 0 Å². The Hall–Kier alpha value is -1.16. The molecule has 118 valence electrons. The molecule has 0 saturated heterocycles. The molecule has 1 aliphatic rings. The van der Waals surface area contributed by atoms with E-state index in [-0.39, 0.29) is 26.9 Å². The van der Waals surface area contributed by atoms with Gasteiger partial charge in [0, 0.05) is 12.3 Å². The van der Waals surface area contributed by atoms with Gasteiger partial charge in [-0.05, 0) is 30.0 Å². The van der Waals surface area contributed by atoms with Crippen LogP contribution in [0.15, 0.2) is 28.0 Å². The molecule has 0 aromatic heterocycles. The second-order valence-electron chi connectivity index (χ2n) is 5.94. The molecule has 0 bridgehead atoms. The zero-order valence-corrected chi connectivity index (χ0v) is 13.7. The van der Waals surface area contributed by atoms with E-state index >= 15 is 0 Å². The molecule has 0 aliphatic heterocycles. The maximum atomic E-state index is 12.4. The summed E-state index contributed by atoms with van der Waals surface area (Å²) in [7, 11) is -7.36. The van der Waals surface area contributed by atoms with Crippen LogP contribution >= 0.6 is 0 Å². The number of hydrogen-bond donors (Lipinski definition) is 3. The van der Waals surface area contributed by atoms with Gasteiger partial charge < -0.3 is 5.43 Å². The van der Waals surface area contributed by atoms with Crippen molar-refractivity contribution in [2.75, 3.05) is 11.7 Å². The van der Waals surface area contributed by atoms with Crippen LogP contribution in [-0.2, 0) is 19.9 Å². The standard InChI is InChI=1S/C12H19N3O4S2/c1-12(2)7-11(12)15-21(18,19)10-6-8(20(3,16)17)4-5-9(10)14-13/h4-6,11,14-15H,7,13H2,1-3H3. The summed E-state index contributed by atoms with van der Waals surface area (Å²) in [6, 6.07) is 3.60. The minimum atomic E-state index is -3.85. The Kier molecular flexibility index (Phi) is 3.81. The molecule has 1 fully saturated rings. The average molecular weight is 333 g/mol. The third-order valence-corrected chi connectivity index (χ3v) is 6.26. The Morgan fingerprint density at radius 3 is 2.24 bits per heavy atom. The fraction of sp³-hybridized carbons (Fsp3) is 0.500. The first kappa shape index (κ1) is 16.2. The van der Waals surface area contributed by atoms with Crippen LogP contribution in [0.5, 0.6) is 0 Å². The second-order valence-corrected chi connectivity index (χ2v) is 9.64. The van der Waals surface area contributed by atoms with Crippen molar-refractivity contribution in [2.24, 2.45) is 11.3 Å². The molecule has 1 aromatic rings. The Morgan fingerprint density at radius 1 is 1.24 bits per heavy atom. The molecule has 0 spiro atoms. The number of nitrogen functional groups attached to an aromatic ring is 1. The number of nitrogens with one attached hydrogen (secondary N) is 2. The first-order valence-corrected chi connectivity index (χ1v) is 9.68. The Balaban J connectivity index is 2.46. The molecule has 1 aliphatic carbocycles. The lowest BCUT2D eigenvalue weighted by molar-refractivity contribution is 0.555. The largest absolute Gasteiger partial charge is 0.323 e. The van der Waals surface area contributed by atoms with Crippen molar-refractivity contribution in [2.45, 2.75) is 36.1 Å². The van der Waals surface area contributed by atoms with Gasteiger partial charge in [0.05, 0.1) is 10.6 Å². The number of sulfonamides is 1. The lowest BCUT2D eigenvalue weighted by Gasteiger charge is -2.13. The van der Waals surface area contributed by atoms with Gasteiger partial charge >= 0.3 is 0 Å². The van der Waals surface area contributed by atoms with Crippen LogP contribution in [0.1, 0.15) is 20.3 Å². The van der Waals surface area contributed by atoms with Gasteiger partial charge in [-0.2, -0.15) is 0 Å². The maximum absolute atomic E-state index is 12.4. The summed E-state index contributed by atoms with van der Waals surface area (Å²) in [6.45, 7) is 3.91. The predicted octanol–water partition coefficient (Wildman–Crippen LogP) is 0.453. The highest BCUT2D eigenvalue weighted by Crippen LogP contribution is 2.45. The molecule has 1 atom stereocenters. The third kappa shape index (κ3) is 3.37. The molecule has 2 rings (SSSR count). The van der Waals surface area contributed by atoms with Crippen molar-refractivity contribution in [1.82, 2.24) is 4.72 Å². The normalized spacial score (nSPS) is 21.0. The summed E-state index contributed by atoms with van der Waals surface area (Å²) < 4.78 is 50.6. The minimum Gasteiger partial charge on any atom is -0.323 e. The van der Waals surface area contributed by atoms with Crippen LogP contribution in [0.2, 0.25) is 0 Å². The lowest BCUT2D eigenvalue weighted by Crippen LogP contribution is -2.29. The predicted molar refractivity (Wildman–Crippen MR) is 79.9 cm³/mol. The Morgan fingerprint density at radius 2 is 1.81 bits per heavy atom. The zero-order chi connectivity index (χ0) is 16.1. The first-order valence-electron chi connectivity index (χ1n) is 6.30. The lowest BCUT2D eigenvalue weighted by atomic mass is 10.2. The fourth-order valence-corrected chi connectivity index (χ4v) is 4.32. The highest BCUT2D eigenvalue weighted by Gasteiger charge is 2.48. The van der Waals surface area contributed by atoms with E-state index in [0.717, 1.165) is 18.7 Å². The molecule has 0 radical (unpaired) electrons. The van der Waals surface area contributed by atoms with Crippen molar-refractivity contribution in [1.29, 1.82) is 0 Å². The molecule has 7 nitrogen and oxygen atoms in total. The maximum Gasteiger partial charge on any atom is 0.242 e.